The Morgan fingerprint density at radius 1 is 1.32 bits per heavy atom. The zero-order chi connectivity index (χ0) is 15.3. The number of amides is 1. The number of nitrogens with one attached hydrogen (secondary N) is 1. The van der Waals surface area contributed by atoms with E-state index in [9.17, 15) is 4.79 Å². The zero-order valence-corrected chi connectivity index (χ0v) is 13.0. The van der Waals surface area contributed by atoms with Gasteiger partial charge in [0.1, 0.15) is 0 Å². The van der Waals surface area contributed by atoms with Crippen molar-refractivity contribution < 1.29 is 4.79 Å². The van der Waals surface area contributed by atoms with Crippen molar-refractivity contribution in [2.24, 2.45) is 5.92 Å². The van der Waals surface area contributed by atoms with E-state index in [0.717, 1.165) is 13.1 Å². The number of para-hydroxylation sites is 1. The van der Waals surface area contributed by atoms with E-state index in [1.165, 1.54) is 22.0 Å². The first kappa shape index (κ1) is 13.6. The molecule has 2 aliphatic rings. The molecule has 0 spiro atoms. The Hall–Kier alpha value is -2.07. The van der Waals surface area contributed by atoms with Gasteiger partial charge in [0.2, 0.25) is 5.91 Å². The SMILES string of the molecule is CCNC(=O)C1C=C2c3cccc4ccn(c34)CC2N(C)C1. The molecule has 0 radical (unpaired) electrons. The van der Waals surface area contributed by atoms with Crippen LogP contribution in [-0.2, 0) is 11.3 Å². The van der Waals surface area contributed by atoms with Gasteiger partial charge in [-0.2, -0.15) is 0 Å². The fourth-order valence-corrected chi connectivity index (χ4v) is 3.86. The van der Waals surface area contributed by atoms with Crippen LogP contribution in [0.1, 0.15) is 12.5 Å². The first-order chi connectivity index (χ1) is 10.7. The average molecular weight is 295 g/mol. The van der Waals surface area contributed by atoms with Crippen LogP contribution in [0.4, 0.5) is 0 Å². The summed E-state index contributed by atoms with van der Waals surface area (Å²) in [6, 6.07) is 8.99. The van der Waals surface area contributed by atoms with E-state index in [-0.39, 0.29) is 11.8 Å². The highest BCUT2D eigenvalue weighted by Crippen LogP contribution is 2.38. The molecule has 0 bridgehead atoms. The van der Waals surface area contributed by atoms with Crippen molar-refractivity contribution in [1.82, 2.24) is 14.8 Å². The minimum absolute atomic E-state index is 0.0621. The second-order valence-corrected chi connectivity index (χ2v) is 6.29. The molecule has 1 N–H and O–H groups in total. The van der Waals surface area contributed by atoms with Crippen molar-refractivity contribution in [1.29, 1.82) is 0 Å². The van der Waals surface area contributed by atoms with Crippen molar-refractivity contribution >= 4 is 22.4 Å². The molecular weight excluding hydrogens is 274 g/mol. The van der Waals surface area contributed by atoms with Crippen molar-refractivity contribution in [2.75, 3.05) is 20.1 Å². The molecule has 4 rings (SSSR count). The Morgan fingerprint density at radius 3 is 3.00 bits per heavy atom. The molecule has 1 aromatic heterocycles. The van der Waals surface area contributed by atoms with Gasteiger partial charge >= 0.3 is 0 Å². The molecule has 2 aromatic rings. The number of aromatic nitrogens is 1. The smallest absolute Gasteiger partial charge is 0.228 e. The number of benzene rings is 1. The largest absolute Gasteiger partial charge is 0.356 e. The molecule has 3 heterocycles. The van der Waals surface area contributed by atoms with Gasteiger partial charge < -0.3 is 9.88 Å². The number of nitrogens with zero attached hydrogens (tertiary/aromatic N) is 2. The van der Waals surface area contributed by atoms with Crippen LogP contribution in [0.2, 0.25) is 0 Å². The molecule has 4 heteroatoms. The van der Waals surface area contributed by atoms with Crippen LogP contribution in [0.15, 0.2) is 36.5 Å². The molecule has 22 heavy (non-hydrogen) atoms. The van der Waals surface area contributed by atoms with Crippen molar-refractivity contribution in [3.05, 3.63) is 42.1 Å². The van der Waals surface area contributed by atoms with Crippen LogP contribution in [0.5, 0.6) is 0 Å². The summed E-state index contributed by atoms with van der Waals surface area (Å²) < 4.78 is 2.34. The molecule has 1 aromatic carbocycles. The topological polar surface area (TPSA) is 37.3 Å². The summed E-state index contributed by atoms with van der Waals surface area (Å²) in [6.45, 7) is 4.40. The lowest BCUT2D eigenvalue weighted by molar-refractivity contribution is -0.124. The average Bonchev–Trinajstić information content (AvgIpc) is 2.93. The van der Waals surface area contributed by atoms with Crippen LogP contribution in [0.25, 0.3) is 16.5 Å². The third-order valence-electron chi connectivity index (χ3n) is 4.91. The third-order valence-corrected chi connectivity index (χ3v) is 4.91. The fourth-order valence-electron chi connectivity index (χ4n) is 3.86. The molecule has 1 amide bonds. The summed E-state index contributed by atoms with van der Waals surface area (Å²) in [5.41, 5.74) is 3.89. The van der Waals surface area contributed by atoms with Crippen LogP contribution < -0.4 is 5.32 Å². The molecule has 0 aliphatic carbocycles. The van der Waals surface area contributed by atoms with E-state index in [4.69, 9.17) is 0 Å². The number of fused-ring (bicyclic) bond motifs is 2. The summed E-state index contributed by atoms with van der Waals surface area (Å²) in [5.74, 6) is 0.0707. The molecule has 2 aliphatic heterocycles. The van der Waals surface area contributed by atoms with Crippen LogP contribution in [0, 0.1) is 5.92 Å². The Morgan fingerprint density at radius 2 is 2.18 bits per heavy atom. The standard InChI is InChI=1S/C18H21N3O/c1-3-19-18(22)13-9-15-14-6-4-5-12-7-8-21(17(12)14)11-16(15)20(2)10-13/h4-9,13,16H,3,10-11H2,1-2H3,(H,19,22). The summed E-state index contributed by atoms with van der Waals surface area (Å²) in [5, 5.41) is 4.23. The minimum atomic E-state index is -0.0621. The maximum atomic E-state index is 12.3. The fraction of sp³-hybridized carbons (Fsp3) is 0.389. The molecule has 2 atom stereocenters. The Kier molecular flexibility index (Phi) is 3.08. The van der Waals surface area contributed by atoms with Gasteiger partial charge in [0.05, 0.1) is 17.5 Å². The molecule has 4 nitrogen and oxygen atoms in total. The molecular formula is C18H21N3O. The molecule has 114 valence electrons. The lowest BCUT2D eigenvalue weighted by Crippen LogP contribution is -2.47. The lowest BCUT2D eigenvalue weighted by Gasteiger charge is -2.40. The van der Waals surface area contributed by atoms with E-state index < -0.39 is 0 Å². The first-order valence-electron chi connectivity index (χ1n) is 7.97. The number of carbonyl (C=O) groups is 1. The summed E-state index contributed by atoms with van der Waals surface area (Å²) in [4.78, 5) is 14.6. The maximum Gasteiger partial charge on any atom is 0.228 e. The Bertz CT molecular complexity index is 774. The van der Waals surface area contributed by atoms with Crippen LogP contribution in [-0.4, -0.2) is 41.6 Å². The predicted molar refractivity (Wildman–Crippen MR) is 88.5 cm³/mol. The highest BCUT2D eigenvalue weighted by atomic mass is 16.1. The van der Waals surface area contributed by atoms with Gasteiger partial charge in [-0.3, -0.25) is 9.69 Å². The zero-order valence-electron chi connectivity index (χ0n) is 13.0. The van der Waals surface area contributed by atoms with Gasteiger partial charge in [0, 0.05) is 36.8 Å². The minimum Gasteiger partial charge on any atom is -0.356 e. The van der Waals surface area contributed by atoms with Crippen molar-refractivity contribution in [2.45, 2.75) is 19.5 Å². The number of likely N-dealkylation sites (N-methyl/N-ethyl adjacent to an activating group) is 1. The number of rotatable bonds is 2. The second-order valence-electron chi connectivity index (χ2n) is 6.29. The summed E-state index contributed by atoms with van der Waals surface area (Å²) >= 11 is 0. The molecule has 0 saturated heterocycles. The van der Waals surface area contributed by atoms with E-state index >= 15 is 0 Å². The monoisotopic (exact) mass is 295 g/mol. The highest BCUT2D eigenvalue weighted by molar-refractivity contribution is 5.96. The molecule has 2 unspecified atom stereocenters. The van der Waals surface area contributed by atoms with E-state index in [0.29, 0.717) is 12.6 Å². The number of hydrogen-bond donors (Lipinski definition) is 1. The first-order valence-corrected chi connectivity index (χ1v) is 7.97. The lowest BCUT2D eigenvalue weighted by atomic mass is 9.85. The van der Waals surface area contributed by atoms with Gasteiger partial charge in [0.25, 0.3) is 0 Å². The van der Waals surface area contributed by atoms with Crippen LogP contribution >= 0.6 is 0 Å². The summed E-state index contributed by atoms with van der Waals surface area (Å²) in [6.07, 6.45) is 4.37. The van der Waals surface area contributed by atoms with Crippen molar-refractivity contribution in [3.63, 3.8) is 0 Å². The molecule has 0 saturated carbocycles. The van der Waals surface area contributed by atoms with E-state index in [1.54, 1.807) is 0 Å². The van der Waals surface area contributed by atoms with Gasteiger partial charge in [0.15, 0.2) is 0 Å². The number of hydrogen-bond acceptors (Lipinski definition) is 2. The van der Waals surface area contributed by atoms with Crippen LogP contribution in [0.3, 0.4) is 0 Å². The molecule has 0 fully saturated rings. The van der Waals surface area contributed by atoms with Gasteiger partial charge in [-0.05, 0) is 25.6 Å². The van der Waals surface area contributed by atoms with Gasteiger partial charge in [-0.25, -0.2) is 0 Å². The predicted octanol–water partition coefficient (Wildman–Crippen LogP) is 2.10. The van der Waals surface area contributed by atoms with E-state index in [2.05, 4.69) is 58.4 Å². The quantitative estimate of drug-likeness (QED) is 0.921. The number of carbonyl (C=O) groups excluding carboxylic acids is 1. The second kappa shape index (κ2) is 4.99. The normalized spacial score (nSPS) is 24.0. The maximum absolute atomic E-state index is 12.3. The van der Waals surface area contributed by atoms with E-state index in [1.807, 2.05) is 6.92 Å². The highest BCUT2D eigenvalue weighted by Gasteiger charge is 2.34. The Labute approximate surface area is 130 Å². The summed E-state index contributed by atoms with van der Waals surface area (Å²) in [7, 11) is 2.12. The van der Waals surface area contributed by atoms with Crippen molar-refractivity contribution in [3.8, 4) is 0 Å². The third kappa shape index (κ3) is 1.91. The van der Waals surface area contributed by atoms with Gasteiger partial charge in [-0.1, -0.05) is 24.3 Å². The van der Waals surface area contributed by atoms with Gasteiger partial charge in [-0.15, -0.1) is 0 Å². The Balaban J connectivity index is 1.84.